The lowest BCUT2D eigenvalue weighted by Crippen LogP contribution is -2.18. The first-order chi connectivity index (χ1) is 65.4. The summed E-state index contributed by atoms with van der Waals surface area (Å²) in [6.07, 6.45) is 0. The number of furan rings is 3. The molecule has 30 rings (SSSR count). The predicted octanol–water partition coefficient (Wildman–Crippen LogP) is 32.9. The molecule has 21 aromatic carbocycles. The van der Waals surface area contributed by atoms with Crippen LogP contribution in [-0.4, -0.2) is 29.9 Å². The molecule has 132 heavy (non-hydrogen) atoms. The van der Waals surface area contributed by atoms with E-state index in [4.69, 9.17) is 43.2 Å². The van der Waals surface area contributed by atoms with Gasteiger partial charge in [0.05, 0.1) is 67.2 Å². The Hall–Kier alpha value is -18.0. The zero-order chi connectivity index (χ0) is 86.3. The molecule has 0 saturated heterocycles. The minimum Gasteiger partial charge on any atom is -0.456 e. The normalized spacial score (nSPS) is 12.5. The van der Waals surface area contributed by atoms with E-state index in [-0.39, 0.29) is 0 Å². The number of aromatic nitrogens is 6. The molecule has 0 spiro atoms. The number of rotatable bonds is 6. The van der Waals surface area contributed by atoms with E-state index in [1.807, 2.05) is 127 Å². The van der Waals surface area contributed by atoms with E-state index in [2.05, 4.69) is 306 Å². The maximum absolute atomic E-state index is 6.32. The average Bonchev–Trinajstić information content (AvgIpc) is 1.41. The van der Waals surface area contributed by atoms with Crippen molar-refractivity contribution in [2.24, 2.45) is 0 Å². The molecule has 0 bridgehead atoms. The standard InChI is InChI=1S/3C40H23N3O/c1-2-11-26-23-34-30(22-25(26)10-1)27-15-7-12-24-13-8-19-33(37(24)27)43(34)40-39(41-31-17-4-5-18-32(31)42-40)29-16-9-21-36-38(29)28-14-3-6-20-35(28)44-36;1-2-10-26-23-35-30(21-25(26)9-1)29-14-7-11-24-12-8-17-34(38(24)29)43(35)40-39(41-32-15-4-5-16-33(32)42-40)27-19-20-37-31(22-27)28-13-3-6-18-36(28)44-37;1-2-10-26-22-35-31(21-25(26)9-1)30-14-7-11-24-12-8-17-34(38(24)30)43(35)40-39(41-32-15-4-5-16-33(32)42-40)27-19-20-29-28-13-3-6-18-36(28)44-37(29)23-27/h3*1-23H. The van der Waals surface area contributed by atoms with Crippen molar-refractivity contribution in [3.63, 3.8) is 0 Å². The molecule has 3 aliphatic rings. The number of fused-ring (bicyclic) bond motifs is 21. The monoisotopic (exact) mass is 1680 g/mol. The van der Waals surface area contributed by atoms with Gasteiger partial charge in [-0.1, -0.05) is 273 Å². The van der Waals surface area contributed by atoms with Crippen LogP contribution in [0.15, 0.2) is 432 Å². The Morgan fingerprint density at radius 2 is 0.455 bits per heavy atom. The van der Waals surface area contributed by atoms with Crippen molar-refractivity contribution in [1.29, 1.82) is 0 Å². The second kappa shape index (κ2) is 28.8. The smallest absolute Gasteiger partial charge is 0.165 e. The topological polar surface area (TPSA) is 126 Å². The van der Waals surface area contributed by atoms with Gasteiger partial charge in [0.2, 0.25) is 0 Å². The fourth-order valence-corrected chi connectivity index (χ4v) is 20.9. The Morgan fingerprint density at radius 3 is 0.909 bits per heavy atom. The Kier molecular flexibility index (Phi) is 16.0. The first kappa shape index (κ1) is 73.2. The predicted molar refractivity (Wildman–Crippen MR) is 543 cm³/mol. The van der Waals surface area contributed by atoms with Crippen molar-refractivity contribution >= 4 is 215 Å². The maximum Gasteiger partial charge on any atom is 0.165 e. The number of para-hydroxylation sites is 9. The molecule has 0 aliphatic carbocycles. The highest BCUT2D eigenvalue weighted by Gasteiger charge is 2.36. The molecule has 6 aromatic heterocycles. The van der Waals surface area contributed by atoms with Gasteiger partial charge in [0.15, 0.2) is 17.5 Å². The minimum absolute atomic E-state index is 0.790. The maximum atomic E-state index is 6.32. The van der Waals surface area contributed by atoms with E-state index in [1.54, 1.807) is 0 Å². The van der Waals surface area contributed by atoms with Gasteiger partial charge in [0.1, 0.15) is 50.6 Å². The lowest BCUT2D eigenvalue weighted by molar-refractivity contribution is 0.668. The SMILES string of the molecule is c1ccc2cc3c(cc2c1)-c1cccc2cccc(c12)N3c1nc2ccccc2nc1-c1ccc2c(c1)oc1ccccc12.c1ccc2cc3c(cc2c1)-c1cccc2cccc(c12)N3c1nc2ccccc2nc1-c1ccc2oc3ccccc3c2c1.c1ccc2cc3c(cc2c1)-c1cccc2cccc(c12)N3c1nc2ccccc2nc1-c1cccc2oc3ccccc3c12. The molecule has 9 heterocycles. The van der Waals surface area contributed by atoms with Crippen LogP contribution in [0, 0.1) is 0 Å². The zero-order valence-corrected chi connectivity index (χ0v) is 70.6. The van der Waals surface area contributed by atoms with Gasteiger partial charge in [-0.05, 0) is 211 Å². The molecule has 12 nitrogen and oxygen atoms in total. The summed E-state index contributed by atoms with van der Waals surface area (Å²) in [6.45, 7) is 0. The lowest BCUT2D eigenvalue weighted by Gasteiger charge is -2.34. The molecular formula is C120H69N9O3. The van der Waals surface area contributed by atoms with Crippen LogP contribution in [0.5, 0.6) is 0 Å². The van der Waals surface area contributed by atoms with Gasteiger partial charge in [-0.15, -0.1) is 0 Å². The Morgan fingerprint density at radius 1 is 0.159 bits per heavy atom. The van der Waals surface area contributed by atoms with Crippen molar-refractivity contribution in [2.45, 2.75) is 0 Å². The van der Waals surface area contributed by atoms with Crippen molar-refractivity contribution in [2.75, 3.05) is 14.7 Å². The summed E-state index contributed by atoms with van der Waals surface area (Å²) in [5.74, 6) is 2.38. The molecule has 12 heteroatoms. The van der Waals surface area contributed by atoms with Crippen molar-refractivity contribution in [1.82, 2.24) is 29.9 Å². The summed E-state index contributed by atoms with van der Waals surface area (Å²) in [4.78, 5) is 39.1. The molecule has 612 valence electrons. The van der Waals surface area contributed by atoms with Crippen LogP contribution >= 0.6 is 0 Å². The molecule has 0 saturated carbocycles. The first-order valence-corrected chi connectivity index (χ1v) is 44.5. The van der Waals surface area contributed by atoms with Crippen molar-refractivity contribution in [3.05, 3.63) is 419 Å². The molecule has 27 aromatic rings. The van der Waals surface area contributed by atoms with Gasteiger partial charge in [0, 0.05) is 81.9 Å². The summed E-state index contributed by atoms with van der Waals surface area (Å²) < 4.78 is 18.8. The van der Waals surface area contributed by atoms with Gasteiger partial charge in [-0.3, -0.25) is 14.7 Å². The third-order valence-electron chi connectivity index (χ3n) is 26.8. The molecule has 3 aliphatic heterocycles. The number of hydrogen-bond donors (Lipinski definition) is 0. The van der Waals surface area contributed by atoms with Gasteiger partial charge >= 0.3 is 0 Å². The van der Waals surface area contributed by atoms with Gasteiger partial charge < -0.3 is 13.3 Å². The van der Waals surface area contributed by atoms with E-state index < -0.39 is 0 Å². The molecule has 0 amide bonds. The molecule has 0 N–H and O–H groups in total. The number of benzene rings is 21. The van der Waals surface area contributed by atoms with E-state index in [0.29, 0.717) is 0 Å². The molecule has 0 fully saturated rings. The summed E-state index contributed by atoms with van der Waals surface area (Å²) in [6, 6.07) is 147. The fourth-order valence-electron chi connectivity index (χ4n) is 20.9. The van der Waals surface area contributed by atoms with Gasteiger partial charge in [-0.2, -0.15) is 0 Å². The second-order valence-corrected chi connectivity index (χ2v) is 34.2. The van der Waals surface area contributed by atoms with Crippen LogP contribution in [0.3, 0.4) is 0 Å². The molecule has 0 unspecified atom stereocenters. The third-order valence-corrected chi connectivity index (χ3v) is 26.8. The van der Waals surface area contributed by atoms with Gasteiger partial charge in [-0.25, -0.2) is 29.9 Å². The summed E-state index contributed by atoms with van der Waals surface area (Å²) >= 11 is 0. The van der Waals surface area contributed by atoms with Gasteiger partial charge in [0.25, 0.3) is 0 Å². The number of hydrogen-bond acceptors (Lipinski definition) is 12. The Labute approximate surface area is 753 Å². The average molecular weight is 1680 g/mol. The number of nitrogens with zero attached hydrogens (tertiary/aromatic N) is 9. The van der Waals surface area contributed by atoms with Crippen molar-refractivity contribution in [3.8, 4) is 67.2 Å². The lowest BCUT2D eigenvalue weighted by atomic mass is 9.89. The van der Waals surface area contributed by atoms with Crippen LogP contribution in [0.2, 0.25) is 0 Å². The van der Waals surface area contributed by atoms with E-state index in [9.17, 15) is 0 Å². The molecule has 0 radical (unpaired) electrons. The molecule has 0 atom stereocenters. The largest absolute Gasteiger partial charge is 0.456 e. The fraction of sp³-hybridized carbons (Fsp3) is 0. The van der Waals surface area contributed by atoms with E-state index >= 15 is 0 Å². The summed E-state index contributed by atoms with van der Waals surface area (Å²) in [5.41, 5.74) is 29.5. The number of anilines is 9. The van der Waals surface area contributed by atoms with Crippen LogP contribution in [-0.2, 0) is 0 Å². The highest BCUT2D eigenvalue weighted by atomic mass is 16.3. The Balaban J connectivity index is 0.0000000991. The van der Waals surface area contributed by atoms with Crippen LogP contribution in [0.4, 0.5) is 51.6 Å². The van der Waals surface area contributed by atoms with Crippen LogP contribution in [0.25, 0.3) is 231 Å². The molecular weight excluding hydrogens is 1620 g/mol. The summed E-state index contributed by atoms with van der Waals surface area (Å²) in [5, 5.41) is 20.9. The summed E-state index contributed by atoms with van der Waals surface area (Å²) in [7, 11) is 0. The minimum atomic E-state index is 0.790. The van der Waals surface area contributed by atoms with Crippen molar-refractivity contribution < 1.29 is 13.3 Å². The first-order valence-electron chi connectivity index (χ1n) is 44.5. The van der Waals surface area contributed by atoms with E-state index in [0.717, 1.165) is 184 Å². The highest BCUT2D eigenvalue weighted by Crippen LogP contribution is 2.58. The third kappa shape index (κ3) is 11.3. The highest BCUT2D eigenvalue weighted by molar-refractivity contribution is 6.22. The Bertz CT molecular complexity index is 9630. The zero-order valence-electron chi connectivity index (χ0n) is 70.6. The quantitative estimate of drug-likeness (QED) is 0.157. The van der Waals surface area contributed by atoms with Crippen LogP contribution in [0.1, 0.15) is 0 Å². The van der Waals surface area contributed by atoms with Crippen LogP contribution < -0.4 is 14.7 Å². The van der Waals surface area contributed by atoms with E-state index in [1.165, 1.54) is 98.0 Å². The second-order valence-electron chi connectivity index (χ2n) is 34.2.